The molecule has 0 saturated carbocycles. The summed E-state index contributed by atoms with van der Waals surface area (Å²) < 4.78 is 6.68. The highest BCUT2D eigenvalue weighted by Crippen LogP contribution is 2.38. The van der Waals surface area contributed by atoms with E-state index in [0.29, 0.717) is 10.4 Å². The summed E-state index contributed by atoms with van der Waals surface area (Å²) in [6.07, 6.45) is 1.32. The topological polar surface area (TPSA) is 90.7 Å². The minimum Gasteiger partial charge on any atom is -0.506 e. The van der Waals surface area contributed by atoms with E-state index in [1.165, 1.54) is 6.39 Å². The molecule has 0 bridgehead atoms. The van der Waals surface area contributed by atoms with E-state index in [2.05, 4.69) is 52.0 Å². The maximum absolute atomic E-state index is 10.1. The van der Waals surface area contributed by atoms with Crippen LogP contribution in [0.25, 0.3) is 44.6 Å². The molecule has 0 aliphatic rings. The number of fused-ring (bicyclic) bond motifs is 2. The molecule has 0 amide bonds. The number of H-pyrrole nitrogens is 2. The fraction of sp³-hybridized carbons (Fsp3) is 0. The molecule has 6 rings (SSSR count). The number of hydrogen-bond donors (Lipinski definition) is 3. The number of nitrogens with zero attached hydrogens (tertiary/aromatic N) is 2. The number of hydrogen-bond acceptors (Lipinski definition) is 4. The predicted molar refractivity (Wildman–Crippen MR) is 132 cm³/mol. The number of halogens is 2. The number of para-hydroxylation sites is 2. The average molecular weight is 552 g/mol. The van der Waals surface area contributed by atoms with E-state index in [-0.39, 0.29) is 5.75 Å². The van der Waals surface area contributed by atoms with E-state index in [4.69, 9.17) is 4.42 Å². The van der Waals surface area contributed by atoms with Crippen molar-refractivity contribution in [2.75, 3.05) is 0 Å². The number of phenols is 1. The van der Waals surface area contributed by atoms with Gasteiger partial charge >= 0.3 is 0 Å². The van der Waals surface area contributed by atoms with Crippen molar-refractivity contribution in [1.82, 2.24) is 20.2 Å². The highest BCUT2D eigenvalue weighted by Gasteiger charge is 2.11. The van der Waals surface area contributed by atoms with Gasteiger partial charge in [-0.2, -0.15) is 0 Å². The van der Waals surface area contributed by atoms with E-state index >= 15 is 0 Å². The summed E-state index contributed by atoms with van der Waals surface area (Å²) in [5.41, 5.74) is 4.65. The summed E-state index contributed by atoms with van der Waals surface area (Å²) >= 11 is 6.78. The van der Waals surface area contributed by atoms with Crippen molar-refractivity contribution < 1.29 is 9.52 Å². The van der Waals surface area contributed by atoms with E-state index in [9.17, 15) is 5.11 Å². The van der Waals surface area contributed by atoms with Gasteiger partial charge in [0.1, 0.15) is 11.4 Å². The SMILES string of the molecule is Oc1c(Br)cc(Br)cc1-c1cc2ccccc2[nH]1.c1ccc2[nH]c(-c3nnco3)cc2c1. The molecule has 3 N–H and O–H groups in total. The van der Waals surface area contributed by atoms with E-state index in [1.54, 1.807) is 0 Å². The Morgan fingerprint density at radius 1 is 0.781 bits per heavy atom. The third-order valence-electron chi connectivity index (χ3n) is 4.97. The summed E-state index contributed by atoms with van der Waals surface area (Å²) in [7, 11) is 0. The summed E-state index contributed by atoms with van der Waals surface area (Å²) in [5.74, 6) is 0.756. The maximum atomic E-state index is 10.1. The second-order valence-corrected chi connectivity index (χ2v) is 8.84. The first-order chi connectivity index (χ1) is 15.6. The van der Waals surface area contributed by atoms with E-state index in [1.807, 2.05) is 72.8 Å². The van der Waals surface area contributed by atoms with Gasteiger partial charge in [-0.05, 0) is 52.3 Å². The van der Waals surface area contributed by atoms with Gasteiger partial charge in [-0.25, -0.2) is 0 Å². The first-order valence-corrected chi connectivity index (χ1v) is 11.3. The van der Waals surface area contributed by atoms with E-state index < -0.39 is 0 Å². The number of rotatable bonds is 2. The van der Waals surface area contributed by atoms with Crippen molar-refractivity contribution in [3.8, 4) is 28.6 Å². The first-order valence-electron chi connectivity index (χ1n) is 9.69. The van der Waals surface area contributed by atoms with Gasteiger partial charge in [-0.3, -0.25) is 0 Å². The molecule has 3 aromatic carbocycles. The van der Waals surface area contributed by atoms with Crippen molar-refractivity contribution in [3.63, 3.8) is 0 Å². The molecule has 3 heterocycles. The Hall–Kier alpha value is -3.36. The lowest BCUT2D eigenvalue weighted by Crippen LogP contribution is -1.81. The third kappa shape index (κ3) is 4.06. The molecule has 8 heteroatoms. The molecular formula is C24H16Br2N4O2. The van der Waals surface area contributed by atoms with Crippen molar-refractivity contribution in [1.29, 1.82) is 0 Å². The van der Waals surface area contributed by atoms with Crippen LogP contribution in [0.15, 0.2) is 92.6 Å². The second kappa shape index (κ2) is 8.64. The molecule has 0 saturated heterocycles. The predicted octanol–water partition coefficient (Wildman–Crippen LogP) is 7.28. The van der Waals surface area contributed by atoms with Gasteiger partial charge in [-0.15, -0.1) is 10.2 Å². The highest BCUT2D eigenvalue weighted by molar-refractivity contribution is 9.11. The van der Waals surface area contributed by atoms with Crippen molar-refractivity contribution in [2.24, 2.45) is 0 Å². The standard InChI is InChI=1S/C14H9Br2NO.C10H7N3O/c15-9-6-10(14(18)11(16)7-9)13-5-8-3-1-2-4-12(8)17-13;1-2-4-8-7(3-1)5-9(12-8)10-13-11-6-14-10/h1-7,17-18H;1-6,12H. The van der Waals surface area contributed by atoms with Crippen LogP contribution in [0.1, 0.15) is 0 Å². The van der Waals surface area contributed by atoms with Crippen molar-refractivity contribution >= 4 is 53.7 Å². The molecule has 0 aliphatic heterocycles. The van der Waals surface area contributed by atoms with Crippen LogP contribution in [-0.2, 0) is 0 Å². The lowest BCUT2D eigenvalue weighted by Gasteiger charge is -2.05. The largest absolute Gasteiger partial charge is 0.506 e. The minimum atomic E-state index is 0.241. The van der Waals surface area contributed by atoms with Crippen LogP contribution in [0.5, 0.6) is 5.75 Å². The summed E-state index contributed by atoms with van der Waals surface area (Å²) in [5, 5.41) is 19.8. The normalized spacial score (nSPS) is 10.9. The lowest BCUT2D eigenvalue weighted by atomic mass is 10.1. The van der Waals surface area contributed by atoms with Crippen LogP contribution >= 0.6 is 31.9 Å². The Balaban J connectivity index is 0.000000139. The highest BCUT2D eigenvalue weighted by atomic mass is 79.9. The Morgan fingerprint density at radius 3 is 2.03 bits per heavy atom. The quantitative estimate of drug-likeness (QED) is 0.211. The first kappa shape index (κ1) is 20.5. The maximum Gasteiger partial charge on any atom is 0.263 e. The molecule has 0 radical (unpaired) electrons. The van der Waals surface area contributed by atoms with Gasteiger partial charge in [0.25, 0.3) is 5.89 Å². The van der Waals surface area contributed by atoms with Crippen LogP contribution in [0.4, 0.5) is 0 Å². The zero-order valence-electron chi connectivity index (χ0n) is 16.5. The lowest BCUT2D eigenvalue weighted by molar-refractivity contribution is 0.473. The Kier molecular flexibility index (Phi) is 5.55. The van der Waals surface area contributed by atoms with Gasteiger partial charge < -0.3 is 19.5 Å². The molecule has 0 aliphatic carbocycles. The van der Waals surface area contributed by atoms with Gasteiger partial charge in [0.2, 0.25) is 6.39 Å². The Bertz CT molecular complexity index is 1450. The number of aromatic amines is 2. The molecule has 0 atom stereocenters. The number of phenolic OH excluding ortho intramolecular Hbond substituents is 1. The zero-order chi connectivity index (χ0) is 22.1. The number of aromatic hydroxyl groups is 1. The zero-order valence-corrected chi connectivity index (χ0v) is 19.7. The third-order valence-corrected chi connectivity index (χ3v) is 6.03. The number of nitrogens with one attached hydrogen (secondary N) is 2. The summed E-state index contributed by atoms with van der Waals surface area (Å²) in [6, 6.07) is 23.8. The summed E-state index contributed by atoms with van der Waals surface area (Å²) in [4.78, 5) is 6.51. The molecule has 0 spiro atoms. The molecular weight excluding hydrogens is 536 g/mol. The van der Waals surface area contributed by atoms with Crippen LogP contribution < -0.4 is 0 Å². The fourth-order valence-electron chi connectivity index (χ4n) is 3.47. The van der Waals surface area contributed by atoms with Crippen LogP contribution in [-0.4, -0.2) is 25.3 Å². The Morgan fingerprint density at radius 2 is 1.41 bits per heavy atom. The van der Waals surface area contributed by atoms with Crippen LogP contribution in [0.2, 0.25) is 0 Å². The molecule has 32 heavy (non-hydrogen) atoms. The van der Waals surface area contributed by atoms with E-state index in [0.717, 1.165) is 43.2 Å². The summed E-state index contributed by atoms with van der Waals surface area (Å²) in [6.45, 7) is 0. The average Bonchev–Trinajstić information content (AvgIpc) is 3.55. The van der Waals surface area contributed by atoms with Crippen molar-refractivity contribution in [2.45, 2.75) is 0 Å². The monoisotopic (exact) mass is 550 g/mol. The molecule has 3 aromatic heterocycles. The molecule has 6 nitrogen and oxygen atoms in total. The Labute approximate surface area is 199 Å². The molecule has 158 valence electrons. The minimum absolute atomic E-state index is 0.241. The van der Waals surface area contributed by atoms with Gasteiger partial charge in [0.15, 0.2) is 0 Å². The molecule has 0 fully saturated rings. The second-order valence-electron chi connectivity index (χ2n) is 7.07. The smallest absolute Gasteiger partial charge is 0.263 e. The van der Waals surface area contributed by atoms with Crippen LogP contribution in [0, 0.1) is 0 Å². The molecule has 6 aromatic rings. The number of benzene rings is 3. The molecule has 0 unspecified atom stereocenters. The van der Waals surface area contributed by atoms with Gasteiger partial charge in [0, 0.05) is 31.8 Å². The van der Waals surface area contributed by atoms with Gasteiger partial charge in [0.05, 0.1) is 10.2 Å². The van der Waals surface area contributed by atoms with Crippen molar-refractivity contribution in [3.05, 3.63) is 88.1 Å². The van der Waals surface area contributed by atoms with Crippen LogP contribution in [0.3, 0.4) is 0 Å². The van der Waals surface area contributed by atoms with Gasteiger partial charge in [-0.1, -0.05) is 52.3 Å². The fourth-order valence-corrected chi connectivity index (χ4v) is 4.69. The number of aromatic nitrogens is 4.